The molecule has 2 rings (SSSR count). The van der Waals surface area contributed by atoms with Crippen molar-refractivity contribution >= 4 is 17.6 Å². The molecule has 2 N–H and O–H groups in total. The van der Waals surface area contributed by atoms with Gasteiger partial charge in [-0.3, -0.25) is 4.79 Å². The molecule has 0 saturated carbocycles. The molecule has 1 aromatic rings. The molecule has 0 fully saturated rings. The van der Waals surface area contributed by atoms with Gasteiger partial charge in [0.15, 0.2) is 6.10 Å². The Balaban J connectivity index is 1.97. The Morgan fingerprint density at radius 1 is 1.35 bits per heavy atom. The molecule has 1 aliphatic rings. The lowest BCUT2D eigenvalue weighted by Crippen LogP contribution is -2.51. The number of urea groups is 1. The van der Waals surface area contributed by atoms with Gasteiger partial charge in [0.1, 0.15) is 5.75 Å². The summed E-state index contributed by atoms with van der Waals surface area (Å²) < 4.78 is 5.64. The molecule has 108 valence electrons. The van der Waals surface area contributed by atoms with Gasteiger partial charge in [0.2, 0.25) is 0 Å². The second-order valence-electron chi connectivity index (χ2n) is 4.61. The Bertz CT molecular complexity index is 504. The van der Waals surface area contributed by atoms with Gasteiger partial charge in [-0.2, -0.15) is 0 Å². The molecule has 1 aliphatic heterocycles. The Morgan fingerprint density at radius 2 is 2.10 bits per heavy atom. The summed E-state index contributed by atoms with van der Waals surface area (Å²) in [6, 6.07) is 7.04. The molecule has 20 heavy (non-hydrogen) atoms. The van der Waals surface area contributed by atoms with E-state index in [0.717, 1.165) is 12.1 Å². The van der Waals surface area contributed by atoms with Crippen molar-refractivity contribution in [3.05, 3.63) is 24.3 Å². The first-order valence-electron chi connectivity index (χ1n) is 6.68. The summed E-state index contributed by atoms with van der Waals surface area (Å²) in [6.45, 7) is 2.72. The van der Waals surface area contributed by atoms with Gasteiger partial charge >= 0.3 is 6.03 Å². The Morgan fingerprint density at radius 3 is 2.85 bits per heavy atom. The fraction of sp³-hybridized carbons (Fsp3) is 0.429. The third-order valence-corrected chi connectivity index (χ3v) is 3.09. The highest BCUT2D eigenvalue weighted by Crippen LogP contribution is 2.32. The zero-order valence-corrected chi connectivity index (χ0v) is 11.7. The van der Waals surface area contributed by atoms with Crippen LogP contribution in [0.15, 0.2) is 24.3 Å². The number of anilines is 1. The van der Waals surface area contributed by atoms with Gasteiger partial charge in [-0.05, 0) is 18.6 Å². The van der Waals surface area contributed by atoms with Crippen molar-refractivity contribution in [1.29, 1.82) is 0 Å². The molecule has 0 saturated heterocycles. The highest BCUT2D eigenvalue weighted by molar-refractivity contribution is 5.99. The van der Waals surface area contributed by atoms with Gasteiger partial charge in [0.25, 0.3) is 5.91 Å². The second-order valence-corrected chi connectivity index (χ2v) is 4.61. The van der Waals surface area contributed by atoms with Gasteiger partial charge in [-0.15, -0.1) is 0 Å². The molecule has 1 atom stereocenters. The quantitative estimate of drug-likeness (QED) is 0.866. The van der Waals surface area contributed by atoms with Crippen LogP contribution in [0.1, 0.15) is 13.3 Å². The number of amides is 3. The number of carbonyl (C=O) groups is 2. The maximum absolute atomic E-state index is 12.1. The molecule has 1 aromatic carbocycles. The van der Waals surface area contributed by atoms with Crippen LogP contribution in [0.25, 0.3) is 0 Å². The smallest absolute Gasteiger partial charge is 0.314 e. The van der Waals surface area contributed by atoms with E-state index in [2.05, 4.69) is 10.6 Å². The average molecular weight is 277 g/mol. The fourth-order valence-corrected chi connectivity index (χ4v) is 1.99. The van der Waals surface area contributed by atoms with Gasteiger partial charge in [-0.1, -0.05) is 19.1 Å². The first-order valence-corrected chi connectivity index (χ1v) is 6.68. The van der Waals surface area contributed by atoms with Crippen molar-refractivity contribution in [1.82, 2.24) is 10.6 Å². The van der Waals surface area contributed by atoms with Crippen LogP contribution in [-0.2, 0) is 4.79 Å². The molecular weight excluding hydrogens is 258 g/mol. The number of fused-ring (bicyclic) bond motifs is 1. The molecule has 0 aromatic heterocycles. The predicted octanol–water partition coefficient (Wildman–Crippen LogP) is 1.12. The molecule has 6 nitrogen and oxygen atoms in total. The summed E-state index contributed by atoms with van der Waals surface area (Å²) in [5.41, 5.74) is 0.740. The summed E-state index contributed by atoms with van der Waals surface area (Å²) in [5, 5.41) is 5.33. The van der Waals surface area contributed by atoms with E-state index in [1.54, 1.807) is 11.9 Å². The van der Waals surface area contributed by atoms with Crippen molar-refractivity contribution in [2.75, 3.05) is 25.0 Å². The van der Waals surface area contributed by atoms with Crippen LogP contribution < -0.4 is 20.3 Å². The average Bonchev–Trinajstić information content (AvgIpc) is 2.47. The molecule has 0 aliphatic carbocycles. The topological polar surface area (TPSA) is 70.7 Å². The van der Waals surface area contributed by atoms with Crippen molar-refractivity contribution in [2.45, 2.75) is 19.4 Å². The third kappa shape index (κ3) is 3.01. The van der Waals surface area contributed by atoms with Gasteiger partial charge in [0, 0.05) is 13.6 Å². The van der Waals surface area contributed by atoms with Crippen LogP contribution in [-0.4, -0.2) is 38.2 Å². The molecule has 1 heterocycles. The summed E-state index contributed by atoms with van der Waals surface area (Å²) >= 11 is 0. The molecular formula is C14H19N3O3. The van der Waals surface area contributed by atoms with Gasteiger partial charge < -0.3 is 20.3 Å². The highest BCUT2D eigenvalue weighted by atomic mass is 16.5. The zero-order chi connectivity index (χ0) is 14.5. The number of carbonyl (C=O) groups excluding carboxylic acids is 2. The lowest BCUT2D eigenvalue weighted by Gasteiger charge is -2.31. The number of para-hydroxylation sites is 2. The lowest BCUT2D eigenvalue weighted by atomic mass is 10.2. The molecule has 6 heteroatoms. The number of hydrogen-bond donors (Lipinski definition) is 2. The highest BCUT2D eigenvalue weighted by Gasteiger charge is 2.32. The Labute approximate surface area is 118 Å². The SMILES string of the molecule is CCCNC(=O)NCC1Oc2ccccc2N(C)C1=O. The van der Waals surface area contributed by atoms with Crippen LogP contribution in [0.5, 0.6) is 5.75 Å². The number of hydrogen-bond acceptors (Lipinski definition) is 3. The number of benzene rings is 1. The molecule has 0 bridgehead atoms. The number of likely N-dealkylation sites (N-methyl/N-ethyl adjacent to an activating group) is 1. The fourth-order valence-electron chi connectivity index (χ4n) is 1.99. The maximum atomic E-state index is 12.1. The summed E-state index contributed by atoms with van der Waals surface area (Å²) in [5.74, 6) is 0.481. The number of ether oxygens (including phenoxy) is 1. The van der Waals surface area contributed by atoms with Crippen LogP contribution >= 0.6 is 0 Å². The predicted molar refractivity (Wildman–Crippen MR) is 76.0 cm³/mol. The van der Waals surface area contributed by atoms with Crippen molar-refractivity contribution in [3.8, 4) is 5.75 Å². The maximum Gasteiger partial charge on any atom is 0.314 e. The minimum absolute atomic E-state index is 0.146. The van der Waals surface area contributed by atoms with Crippen LogP contribution in [0.2, 0.25) is 0 Å². The van der Waals surface area contributed by atoms with Crippen LogP contribution in [0.3, 0.4) is 0 Å². The first kappa shape index (κ1) is 14.2. The summed E-state index contributed by atoms with van der Waals surface area (Å²) in [6.07, 6.45) is 0.171. The van der Waals surface area contributed by atoms with Crippen molar-refractivity contribution in [2.24, 2.45) is 0 Å². The summed E-state index contributed by atoms with van der Waals surface area (Å²) in [4.78, 5) is 25.2. The normalized spacial score (nSPS) is 17.2. The minimum atomic E-state index is -0.692. The van der Waals surface area contributed by atoms with E-state index >= 15 is 0 Å². The van der Waals surface area contributed by atoms with E-state index in [1.807, 2.05) is 31.2 Å². The first-order chi connectivity index (χ1) is 9.63. The lowest BCUT2D eigenvalue weighted by molar-refractivity contribution is -0.125. The Kier molecular flexibility index (Phi) is 4.45. The largest absolute Gasteiger partial charge is 0.477 e. The van der Waals surface area contributed by atoms with Gasteiger partial charge in [0.05, 0.1) is 12.2 Å². The van der Waals surface area contributed by atoms with Crippen molar-refractivity contribution < 1.29 is 14.3 Å². The number of rotatable bonds is 4. The molecule has 1 unspecified atom stereocenters. The van der Waals surface area contributed by atoms with Gasteiger partial charge in [-0.25, -0.2) is 4.79 Å². The van der Waals surface area contributed by atoms with E-state index in [0.29, 0.717) is 12.3 Å². The monoisotopic (exact) mass is 277 g/mol. The van der Waals surface area contributed by atoms with Crippen LogP contribution in [0.4, 0.5) is 10.5 Å². The second kappa shape index (κ2) is 6.27. The Hall–Kier alpha value is -2.24. The molecule has 0 radical (unpaired) electrons. The van der Waals surface area contributed by atoms with Crippen molar-refractivity contribution in [3.63, 3.8) is 0 Å². The third-order valence-electron chi connectivity index (χ3n) is 3.09. The van der Waals surface area contributed by atoms with Crippen LogP contribution in [0, 0.1) is 0 Å². The van der Waals surface area contributed by atoms with E-state index < -0.39 is 6.10 Å². The molecule has 3 amide bonds. The van der Waals surface area contributed by atoms with E-state index in [4.69, 9.17) is 4.74 Å². The van der Waals surface area contributed by atoms with E-state index in [1.165, 1.54) is 0 Å². The van der Waals surface area contributed by atoms with E-state index in [9.17, 15) is 9.59 Å². The number of nitrogens with one attached hydrogen (secondary N) is 2. The zero-order valence-electron chi connectivity index (χ0n) is 11.7. The van der Waals surface area contributed by atoms with E-state index in [-0.39, 0.29) is 18.5 Å². The standard InChI is InChI=1S/C14H19N3O3/c1-3-8-15-14(19)16-9-12-13(18)17(2)10-6-4-5-7-11(10)20-12/h4-7,12H,3,8-9H2,1-2H3,(H2,15,16,19). The molecule has 0 spiro atoms. The number of nitrogens with zero attached hydrogens (tertiary/aromatic N) is 1. The summed E-state index contributed by atoms with van der Waals surface area (Å²) in [7, 11) is 1.70. The minimum Gasteiger partial charge on any atom is -0.477 e.